The minimum absolute atomic E-state index is 0. The largest absolute Gasteiger partial charge is 0.493 e. The van der Waals surface area contributed by atoms with Crippen LogP contribution in [-0.4, -0.2) is 57.2 Å². The first-order chi connectivity index (χ1) is 15.6. The highest BCUT2D eigenvalue weighted by Gasteiger charge is 2.25. The van der Waals surface area contributed by atoms with Crippen LogP contribution in [0.1, 0.15) is 50.6 Å². The number of ketones is 1. The van der Waals surface area contributed by atoms with E-state index in [9.17, 15) is 9.90 Å². The van der Waals surface area contributed by atoms with Gasteiger partial charge in [-0.25, -0.2) is 4.68 Å². The highest BCUT2D eigenvalue weighted by Crippen LogP contribution is 2.39. The average Bonchev–Trinajstić information content (AvgIpc) is 3.07. The molecule has 1 aromatic carbocycles. The summed E-state index contributed by atoms with van der Waals surface area (Å²) >= 11 is 0. The summed E-state index contributed by atoms with van der Waals surface area (Å²) in [6.07, 6.45) is 0. The second-order valence-electron chi connectivity index (χ2n) is 8.62. The van der Waals surface area contributed by atoms with Gasteiger partial charge in [0.25, 0.3) is 0 Å². The smallest absolute Gasteiger partial charge is 0.242 e. The number of carbonyl (C=O) groups is 1. The number of aliphatic hydroxyl groups excluding tert-OH is 1. The maximum atomic E-state index is 13.3. The molecule has 0 amide bonds. The number of nitrogens with one attached hydrogen (secondary N) is 1. The predicted octanol–water partition coefficient (Wildman–Crippen LogP) is 2.52. The van der Waals surface area contributed by atoms with Crippen molar-refractivity contribution in [2.24, 2.45) is 0 Å². The number of nitrogens with zero attached hydrogens (tertiary/aromatic N) is 4. The number of ether oxygens (including phenoxy) is 3. The van der Waals surface area contributed by atoms with Crippen molar-refractivity contribution in [2.75, 3.05) is 26.9 Å². The summed E-state index contributed by atoms with van der Waals surface area (Å²) in [5, 5.41) is 26.4. The maximum Gasteiger partial charge on any atom is 0.242 e. The number of hydrogen-bond acceptors (Lipinski definition) is 8. The maximum absolute atomic E-state index is 13.3. The van der Waals surface area contributed by atoms with Gasteiger partial charge in [0, 0.05) is 24.2 Å². The Hall–Kier alpha value is -3.40. The second-order valence-corrected chi connectivity index (χ2v) is 8.62. The average molecular weight is 460 g/mol. The molecule has 10 heteroatoms. The number of aryl methyl sites for hydroxylation is 1. The summed E-state index contributed by atoms with van der Waals surface area (Å²) in [5.74, 6) is 1.05. The summed E-state index contributed by atoms with van der Waals surface area (Å²) in [4.78, 5) is 13.3. The van der Waals surface area contributed by atoms with Crippen molar-refractivity contribution >= 4 is 11.4 Å². The van der Waals surface area contributed by atoms with Gasteiger partial charge in [0.2, 0.25) is 11.5 Å². The van der Waals surface area contributed by atoms with Gasteiger partial charge in [0.1, 0.15) is 13.2 Å². The van der Waals surface area contributed by atoms with E-state index in [0.717, 1.165) is 11.1 Å². The fourth-order valence-corrected chi connectivity index (χ4v) is 3.48. The van der Waals surface area contributed by atoms with Crippen molar-refractivity contribution in [3.8, 4) is 17.4 Å². The lowest BCUT2D eigenvalue weighted by Gasteiger charge is -2.25. The van der Waals surface area contributed by atoms with Gasteiger partial charge in [-0.3, -0.25) is 10.2 Å². The van der Waals surface area contributed by atoms with E-state index < -0.39 is 0 Å². The van der Waals surface area contributed by atoms with E-state index in [1.165, 1.54) is 9.20 Å². The van der Waals surface area contributed by atoms with Crippen molar-refractivity contribution < 1.29 is 25.5 Å². The van der Waals surface area contributed by atoms with E-state index in [1.807, 2.05) is 34.6 Å². The molecule has 10 nitrogen and oxygen atoms in total. The molecule has 0 spiro atoms. The molecule has 0 aliphatic rings. The van der Waals surface area contributed by atoms with E-state index >= 15 is 0 Å². The summed E-state index contributed by atoms with van der Waals surface area (Å²) in [6, 6.07) is 5.13. The third-order valence-electron chi connectivity index (χ3n) is 5.08. The fourth-order valence-electron chi connectivity index (χ4n) is 3.48. The minimum atomic E-state index is -0.327. The van der Waals surface area contributed by atoms with Crippen LogP contribution in [0.2, 0.25) is 0 Å². The van der Waals surface area contributed by atoms with Gasteiger partial charge >= 0.3 is 0 Å². The fraction of sp³-hybridized carbons (Fsp3) is 0.478. The summed E-state index contributed by atoms with van der Waals surface area (Å²) in [7, 11) is 1.54. The third-order valence-corrected chi connectivity index (χ3v) is 5.08. The minimum Gasteiger partial charge on any atom is -0.493 e. The molecule has 2 aromatic heterocycles. The zero-order valence-electron chi connectivity index (χ0n) is 19.9. The molecule has 0 atom stereocenters. The standard InChI is InChI=1S/C23H31N5O5.H2/c1-7-32-19-10-14(2)21-26-27(22(24)28(21)25-19)13-17(30)15-11-16(23(3,4)5)20(31-6)18(12-15)33-9-8-29;/h10-12,24,29H,7-9,13H2,1-6H3;1H. The van der Waals surface area contributed by atoms with Crippen molar-refractivity contribution in [3.63, 3.8) is 0 Å². The van der Waals surface area contributed by atoms with Crippen LogP contribution in [0.25, 0.3) is 5.65 Å². The Kier molecular flexibility index (Phi) is 7.06. The van der Waals surface area contributed by atoms with Gasteiger partial charge in [-0.2, -0.15) is 4.52 Å². The Morgan fingerprint density at radius 2 is 1.94 bits per heavy atom. The van der Waals surface area contributed by atoms with Gasteiger partial charge in [-0.05, 0) is 31.4 Å². The Labute approximate surface area is 193 Å². The van der Waals surface area contributed by atoms with Crippen molar-refractivity contribution in [3.05, 3.63) is 40.5 Å². The molecule has 0 radical (unpaired) electrons. The van der Waals surface area contributed by atoms with Crippen LogP contribution < -0.4 is 19.8 Å². The number of carbonyl (C=O) groups excluding carboxylic acids is 1. The first kappa shape index (κ1) is 24.2. The number of aliphatic hydroxyl groups is 1. The van der Waals surface area contributed by atoms with Crippen LogP contribution in [0.5, 0.6) is 17.4 Å². The van der Waals surface area contributed by atoms with E-state index in [1.54, 1.807) is 25.3 Å². The number of rotatable bonds is 9. The Bertz CT molecular complexity index is 1230. The van der Waals surface area contributed by atoms with Gasteiger partial charge < -0.3 is 19.3 Å². The highest BCUT2D eigenvalue weighted by atomic mass is 16.5. The van der Waals surface area contributed by atoms with Gasteiger partial charge in [0.05, 0.1) is 20.3 Å². The summed E-state index contributed by atoms with van der Waals surface area (Å²) in [6.45, 7) is 9.95. The van der Waals surface area contributed by atoms with Crippen LogP contribution in [-0.2, 0) is 12.0 Å². The lowest BCUT2D eigenvalue weighted by atomic mass is 9.84. The number of fused-ring (bicyclic) bond motifs is 1. The first-order valence-corrected chi connectivity index (χ1v) is 10.7. The monoisotopic (exact) mass is 459 g/mol. The number of benzene rings is 1. The van der Waals surface area contributed by atoms with Crippen LogP contribution >= 0.6 is 0 Å². The van der Waals surface area contributed by atoms with E-state index in [4.69, 9.17) is 19.6 Å². The second kappa shape index (κ2) is 9.62. The molecule has 0 saturated carbocycles. The molecule has 0 saturated heterocycles. The molecule has 33 heavy (non-hydrogen) atoms. The number of hydrogen-bond donors (Lipinski definition) is 2. The Morgan fingerprint density at radius 1 is 1.21 bits per heavy atom. The summed E-state index contributed by atoms with van der Waals surface area (Å²) < 4.78 is 19.4. The molecule has 0 aliphatic heterocycles. The topological polar surface area (TPSA) is 124 Å². The molecule has 180 valence electrons. The molecule has 2 heterocycles. The molecule has 0 fully saturated rings. The number of methoxy groups -OCH3 is 1. The predicted molar refractivity (Wildman–Crippen MR) is 123 cm³/mol. The zero-order valence-corrected chi connectivity index (χ0v) is 19.9. The van der Waals surface area contributed by atoms with Crippen molar-refractivity contribution in [1.82, 2.24) is 19.4 Å². The molecule has 3 aromatic rings. The van der Waals surface area contributed by atoms with Crippen LogP contribution in [0, 0.1) is 12.3 Å². The van der Waals surface area contributed by atoms with E-state index in [2.05, 4.69) is 10.2 Å². The number of Topliss-reactive ketones (excluding diaryl/α,β-unsaturated/α-hetero) is 1. The van der Waals surface area contributed by atoms with Crippen LogP contribution in [0.15, 0.2) is 18.2 Å². The first-order valence-electron chi connectivity index (χ1n) is 10.7. The Morgan fingerprint density at radius 3 is 2.55 bits per heavy atom. The molecule has 0 aliphatic carbocycles. The van der Waals surface area contributed by atoms with E-state index in [0.29, 0.717) is 35.2 Å². The molecule has 0 bridgehead atoms. The summed E-state index contributed by atoms with van der Waals surface area (Å²) in [5.41, 5.74) is 2.10. The van der Waals surface area contributed by atoms with Gasteiger partial charge in [-0.1, -0.05) is 20.8 Å². The lowest BCUT2D eigenvalue weighted by molar-refractivity contribution is 0.0964. The zero-order chi connectivity index (χ0) is 24.3. The lowest BCUT2D eigenvalue weighted by Crippen LogP contribution is -2.26. The Balaban J connectivity index is 0.00000408. The highest BCUT2D eigenvalue weighted by molar-refractivity contribution is 5.97. The van der Waals surface area contributed by atoms with Crippen molar-refractivity contribution in [1.29, 1.82) is 5.41 Å². The number of aromatic nitrogens is 4. The van der Waals surface area contributed by atoms with Crippen LogP contribution in [0.3, 0.4) is 0 Å². The van der Waals surface area contributed by atoms with Crippen LogP contribution in [0.4, 0.5) is 0 Å². The molecule has 3 rings (SSSR count). The third kappa shape index (κ3) is 5.00. The normalized spacial score (nSPS) is 11.6. The molecular formula is C23H33N5O5. The van der Waals surface area contributed by atoms with Gasteiger partial charge in [0.15, 0.2) is 22.9 Å². The van der Waals surface area contributed by atoms with Crippen molar-refractivity contribution in [2.45, 2.75) is 46.6 Å². The SMILES string of the molecule is CCOc1cc(C)c2nn(CC(=O)c3cc(OCCO)c(OC)c(C(C)(C)C)c3)c(=N)n2n1.[HH]. The quantitative estimate of drug-likeness (QED) is 0.471. The molecular weight excluding hydrogens is 426 g/mol. The molecule has 0 unspecified atom stereocenters. The van der Waals surface area contributed by atoms with E-state index in [-0.39, 0.29) is 38.0 Å². The van der Waals surface area contributed by atoms with Gasteiger partial charge in [-0.15, -0.1) is 10.2 Å². The molecule has 2 N–H and O–H groups in total.